The molecule has 0 saturated heterocycles. The van der Waals surface area contributed by atoms with E-state index in [0.29, 0.717) is 11.6 Å². The number of carbonyl (C=O) groups excluding carboxylic acids is 3. The number of alkyl halides is 2. The molecule has 1 saturated carbocycles. The van der Waals surface area contributed by atoms with Gasteiger partial charge in [0.15, 0.2) is 5.78 Å². The Kier molecular flexibility index (Phi) is 8.34. The van der Waals surface area contributed by atoms with Gasteiger partial charge in [-0.05, 0) is 42.8 Å². The molecule has 0 heterocycles. The van der Waals surface area contributed by atoms with Crippen LogP contribution in [0.15, 0.2) is 42.5 Å². The highest BCUT2D eigenvalue weighted by atomic mass is 35.5. The van der Waals surface area contributed by atoms with Gasteiger partial charge in [0.1, 0.15) is 33.4 Å². The number of halogens is 8. The molecule has 12 heteroatoms. The van der Waals surface area contributed by atoms with E-state index < -0.39 is 80.9 Å². The summed E-state index contributed by atoms with van der Waals surface area (Å²) in [6, 6.07) is 8.15. The third kappa shape index (κ3) is 5.94. The smallest absolute Gasteiger partial charge is 0.231 e. The van der Waals surface area contributed by atoms with Gasteiger partial charge in [-0.25, -0.2) is 17.6 Å². The predicted molar refractivity (Wildman–Crippen MR) is 141 cm³/mol. The summed E-state index contributed by atoms with van der Waals surface area (Å²) < 4.78 is 55.3. The normalized spacial score (nSPS) is 17.6. The summed E-state index contributed by atoms with van der Waals surface area (Å²) in [7, 11) is 0. The van der Waals surface area contributed by atoms with Crippen molar-refractivity contribution >= 4 is 69.6 Å². The molecule has 4 rings (SSSR count). The van der Waals surface area contributed by atoms with Crippen molar-refractivity contribution in [3.05, 3.63) is 98.0 Å². The average molecular weight is 621 g/mol. The Bertz CT molecular complexity index is 1530. The van der Waals surface area contributed by atoms with Crippen molar-refractivity contribution in [3.8, 4) is 0 Å². The van der Waals surface area contributed by atoms with Gasteiger partial charge in [-0.15, -0.1) is 23.2 Å². The predicted octanol–water partition coefficient (Wildman–Crippen LogP) is 7.63. The highest BCUT2D eigenvalue weighted by Crippen LogP contribution is 2.65. The monoisotopic (exact) mass is 619 g/mol. The standard InChI is InChI=1S/C27H17Cl4F4NO3/c1-11(37)6-15-20(33)10-21(34)16(25(15)35)9-22(38)14-8-13(3-4-17(14)28)36-26(39)24-23(27(24,30)31)12-2-5-19(32)18(29)7-12/h2-5,7-8,10,23-24H,6,9H2,1H3,(H,36,39)/t23-,24+/m0/s1. The van der Waals surface area contributed by atoms with E-state index in [9.17, 15) is 31.9 Å². The number of hydrogen-bond donors (Lipinski definition) is 1. The van der Waals surface area contributed by atoms with Crippen LogP contribution in [0.1, 0.15) is 39.9 Å². The molecule has 0 bridgehead atoms. The molecule has 2 atom stereocenters. The molecule has 3 aromatic rings. The first-order valence-electron chi connectivity index (χ1n) is 11.3. The Morgan fingerprint density at radius 3 is 2.10 bits per heavy atom. The second kappa shape index (κ2) is 11.1. The van der Waals surface area contributed by atoms with E-state index >= 15 is 0 Å². The number of Topliss-reactive ketones (excluding diaryl/α,β-unsaturated/α-hetero) is 2. The van der Waals surface area contributed by atoms with Crippen LogP contribution in [0.25, 0.3) is 0 Å². The largest absolute Gasteiger partial charge is 0.326 e. The van der Waals surface area contributed by atoms with E-state index in [0.717, 1.165) is 13.0 Å². The second-order valence-electron chi connectivity index (χ2n) is 9.08. The maximum atomic E-state index is 14.8. The van der Waals surface area contributed by atoms with Gasteiger partial charge in [0.05, 0.1) is 16.0 Å². The van der Waals surface area contributed by atoms with Crippen LogP contribution in [0.4, 0.5) is 23.2 Å². The van der Waals surface area contributed by atoms with Crippen molar-refractivity contribution in [3.63, 3.8) is 0 Å². The number of carbonyl (C=O) groups is 3. The minimum atomic E-state index is -1.51. The van der Waals surface area contributed by atoms with Crippen molar-refractivity contribution in [2.75, 3.05) is 5.32 Å². The van der Waals surface area contributed by atoms with Crippen molar-refractivity contribution in [1.82, 2.24) is 0 Å². The van der Waals surface area contributed by atoms with Crippen molar-refractivity contribution in [1.29, 1.82) is 0 Å². The molecule has 39 heavy (non-hydrogen) atoms. The number of benzene rings is 3. The van der Waals surface area contributed by atoms with E-state index in [4.69, 9.17) is 46.4 Å². The quantitative estimate of drug-likeness (QED) is 0.160. The fourth-order valence-electron chi connectivity index (χ4n) is 4.32. The lowest BCUT2D eigenvalue weighted by molar-refractivity contribution is -0.117. The number of hydrogen-bond acceptors (Lipinski definition) is 3. The zero-order valence-electron chi connectivity index (χ0n) is 19.9. The molecule has 3 aromatic carbocycles. The summed E-state index contributed by atoms with van der Waals surface area (Å²) in [5, 5.41) is 2.34. The van der Waals surface area contributed by atoms with Gasteiger partial charge in [-0.3, -0.25) is 14.4 Å². The van der Waals surface area contributed by atoms with E-state index in [2.05, 4.69) is 5.32 Å². The van der Waals surface area contributed by atoms with E-state index in [1.54, 1.807) is 0 Å². The molecule has 1 amide bonds. The van der Waals surface area contributed by atoms with Gasteiger partial charge < -0.3 is 5.32 Å². The lowest BCUT2D eigenvalue weighted by Crippen LogP contribution is -2.18. The molecule has 1 aliphatic carbocycles. The van der Waals surface area contributed by atoms with E-state index in [-0.39, 0.29) is 21.3 Å². The summed E-state index contributed by atoms with van der Waals surface area (Å²) in [5.74, 6) is -8.16. The molecule has 0 spiro atoms. The molecule has 0 aromatic heterocycles. The lowest BCUT2D eigenvalue weighted by atomic mass is 9.97. The fourth-order valence-corrected chi connectivity index (χ4v) is 5.56. The Balaban J connectivity index is 1.55. The van der Waals surface area contributed by atoms with Gasteiger partial charge in [-0.2, -0.15) is 0 Å². The molecule has 0 aliphatic heterocycles. The maximum Gasteiger partial charge on any atom is 0.231 e. The first-order chi connectivity index (χ1) is 18.2. The number of anilines is 1. The van der Waals surface area contributed by atoms with Crippen LogP contribution < -0.4 is 5.32 Å². The molecule has 0 radical (unpaired) electrons. The van der Waals surface area contributed by atoms with Crippen molar-refractivity contribution < 1.29 is 31.9 Å². The van der Waals surface area contributed by atoms with Crippen LogP contribution in [0.3, 0.4) is 0 Å². The zero-order valence-corrected chi connectivity index (χ0v) is 22.9. The minimum Gasteiger partial charge on any atom is -0.326 e. The van der Waals surface area contributed by atoms with Crippen LogP contribution in [-0.2, 0) is 22.4 Å². The minimum absolute atomic E-state index is 0.0702. The Labute approximate surface area is 240 Å². The molecule has 1 fully saturated rings. The first-order valence-corrected chi connectivity index (χ1v) is 12.8. The molecule has 4 nitrogen and oxygen atoms in total. The van der Waals surface area contributed by atoms with Crippen LogP contribution in [0.2, 0.25) is 10.0 Å². The summed E-state index contributed by atoms with van der Waals surface area (Å²) in [6.07, 6.45) is -1.45. The molecule has 0 unspecified atom stereocenters. The van der Waals surface area contributed by atoms with Gasteiger partial charge in [0.2, 0.25) is 5.91 Å². The highest BCUT2D eigenvalue weighted by Gasteiger charge is 2.67. The summed E-state index contributed by atoms with van der Waals surface area (Å²) >= 11 is 24.6. The van der Waals surface area contributed by atoms with Gasteiger partial charge in [0, 0.05) is 47.2 Å². The van der Waals surface area contributed by atoms with Crippen LogP contribution in [0, 0.1) is 29.2 Å². The number of rotatable bonds is 8. The summed E-state index contributed by atoms with van der Waals surface area (Å²) in [5.41, 5.74) is -0.990. The van der Waals surface area contributed by atoms with Gasteiger partial charge in [0.25, 0.3) is 0 Å². The maximum absolute atomic E-state index is 14.8. The van der Waals surface area contributed by atoms with Crippen LogP contribution in [0.5, 0.6) is 0 Å². The molecule has 1 N–H and O–H groups in total. The average Bonchev–Trinajstić information content (AvgIpc) is 3.44. The van der Waals surface area contributed by atoms with Gasteiger partial charge >= 0.3 is 0 Å². The molecule has 204 valence electrons. The topological polar surface area (TPSA) is 63.2 Å². The Morgan fingerprint density at radius 2 is 1.49 bits per heavy atom. The fraction of sp³-hybridized carbons (Fsp3) is 0.222. The zero-order chi connectivity index (χ0) is 28.8. The third-order valence-corrected chi connectivity index (χ3v) is 7.86. The molecular formula is C27H17Cl4F4NO3. The first kappa shape index (κ1) is 29.3. The Morgan fingerprint density at radius 1 is 0.846 bits per heavy atom. The summed E-state index contributed by atoms with van der Waals surface area (Å²) in [4.78, 5) is 37.3. The number of nitrogens with one attached hydrogen (secondary N) is 1. The van der Waals surface area contributed by atoms with E-state index in [1.165, 1.54) is 30.3 Å². The van der Waals surface area contributed by atoms with Gasteiger partial charge in [-0.1, -0.05) is 29.3 Å². The Hall–Kier alpha value is -2.65. The third-order valence-electron chi connectivity index (χ3n) is 6.30. The van der Waals surface area contributed by atoms with Crippen LogP contribution in [-0.4, -0.2) is 21.8 Å². The second-order valence-corrected chi connectivity index (χ2v) is 11.3. The number of amides is 1. The van der Waals surface area contributed by atoms with Crippen molar-refractivity contribution in [2.45, 2.75) is 30.0 Å². The molecular weight excluding hydrogens is 604 g/mol. The highest BCUT2D eigenvalue weighted by molar-refractivity contribution is 6.53. The number of ketones is 2. The molecule has 1 aliphatic rings. The van der Waals surface area contributed by atoms with Crippen LogP contribution >= 0.6 is 46.4 Å². The summed E-state index contributed by atoms with van der Waals surface area (Å²) in [6.45, 7) is 1.11. The van der Waals surface area contributed by atoms with Crippen molar-refractivity contribution in [2.24, 2.45) is 5.92 Å². The SMILES string of the molecule is CC(=O)Cc1c(F)cc(F)c(CC(=O)c2cc(NC(=O)[C@H]3[C@H](c4ccc(F)c(Cl)c4)C3(Cl)Cl)ccc2Cl)c1F. The van der Waals surface area contributed by atoms with E-state index in [1.807, 2.05) is 0 Å². The lowest BCUT2D eigenvalue weighted by Gasteiger charge is -2.12.